The average molecular weight is 580 g/mol. The molecule has 7 N–H and O–H groups in total. The lowest BCUT2D eigenvalue weighted by molar-refractivity contribution is 0.0696. The molecule has 1 heterocycles. The van der Waals surface area contributed by atoms with Crippen molar-refractivity contribution in [1.29, 1.82) is 0 Å². The van der Waals surface area contributed by atoms with E-state index in [0.717, 1.165) is 24.5 Å². The minimum Gasteiger partial charge on any atom is -0.478 e. The van der Waals surface area contributed by atoms with Crippen LogP contribution >= 0.6 is 0 Å². The summed E-state index contributed by atoms with van der Waals surface area (Å²) in [6.45, 7) is 7.77. The molecule has 0 radical (unpaired) electrons. The molecular formula is C20H33N7O9S2. The van der Waals surface area contributed by atoms with Gasteiger partial charge < -0.3 is 26.2 Å². The molecule has 1 aromatic heterocycles. The second-order valence-electron chi connectivity index (χ2n) is 6.65. The van der Waals surface area contributed by atoms with E-state index in [0.29, 0.717) is 0 Å². The number of benzene rings is 1. The molecule has 0 aliphatic rings. The lowest BCUT2D eigenvalue weighted by Crippen LogP contribution is -2.28. The molecule has 0 amide bonds. The fourth-order valence-corrected chi connectivity index (χ4v) is 3.20. The van der Waals surface area contributed by atoms with Gasteiger partial charge in [0.25, 0.3) is 10.1 Å². The molecular weight excluding hydrogens is 546 g/mol. The number of aromatic nitrogens is 3. The molecule has 16 nitrogen and oxygen atoms in total. The predicted molar refractivity (Wildman–Crippen MR) is 142 cm³/mol. The van der Waals surface area contributed by atoms with Crippen LogP contribution in [0.4, 0.5) is 23.5 Å². The van der Waals surface area contributed by atoms with Crippen LogP contribution < -0.4 is 20.7 Å². The largest absolute Gasteiger partial charge is 0.478 e. The molecule has 0 unspecified atom stereocenters. The quantitative estimate of drug-likeness (QED) is 0.130. The van der Waals surface area contributed by atoms with E-state index in [2.05, 4.69) is 35.6 Å². The first-order chi connectivity index (χ1) is 17.7. The molecule has 0 aliphatic heterocycles. The van der Waals surface area contributed by atoms with Gasteiger partial charge in [0.2, 0.25) is 27.9 Å². The Morgan fingerprint density at radius 1 is 0.763 bits per heavy atom. The van der Waals surface area contributed by atoms with E-state index in [1.54, 1.807) is 0 Å². The van der Waals surface area contributed by atoms with Crippen molar-refractivity contribution in [1.82, 2.24) is 19.7 Å². The molecule has 1 aromatic carbocycles. The maximum absolute atomic E-state index is 11.3. The zero-order valence-corrected chi connectivity index (χ0v) is 23.1. The highest BCUT2D eigenvalue weighted by molar-refractivity contribution is 7.88. The summed E-state index contributed by atoms with van der Waals surface area (Å²) >= 11 is 0. The molecule has 0 atom stereocenters. The van der Waals surface area contributed by atoms with Gasteiger partial charge in [-0.05, 0) is 18.2 Å². The third-order valence-electron chi connectivity index (χ3n) is 3.73. The molecule has 0 spiro atoms. The van der Waals surface area contributed by atoms with E-state index in [9.17, 15) is 36.6 Å². The summed E-state index contributed by atoms with van der Waals surface area (Å²) in [7, 11) is -7.69. The Bertz CT molecular complexity index is 1260. The van der Waals surface area contributed by atoms with Gasteiger partial charge in [0.05, 0.1) is 23.1 Å². The lowest BCUT2D eigenvalue weighted by atomic mass is 10.1. The normalized spacial score (nSPS) is 10.7. The summed E-state index contributed by atoms with van der Waals surface area (Å²) in [5, 5.41) is 26.4. The Morgan fingerprint density at radius 2 is 1.21 bits per heavy atom. The first kappa shape index (κ1) is 34.4. The maximum atomic E-state index is 11.3. The van der Waals surface area contributed by atoms with Gasteiger partial charge in [0, 0.05) is 25.3 Å². The SMILES string of the molecule is CC.CC.CS(=O)(=O)NCCNc1nc(NCCS(=O)(=O)O)nc(Nc2cc(C(=O)O)cc(C(=O)O)c2)n1. The number of anilines is 4. The number of hydrogen-bond donors (Lipinski definition) is 7. The minimum atomic E-state index is -4.26. The van der Waals surface area contributed by atoms with Crippen LogP contribution in [0.15, 0.2) is 18.2 Å². The number of carbonyl (C=O) groups is 2. The molecule has 0 bridgehead atoms. The van der Waals surface area contributed by atoms with Gasteiger partial charge in [0.15, 0.2) is 0 Å². The average Bonchev–Trinajstić information content (AvgIpc) is 2.82. The van der Waals surface area contributed by atoms with Crippen molar-refractivity contribution in [2.75, 3.05) is 47.6 Å². The molecule has 38 heavy (non-hydrogen) atoms. The summed E-state index contributed by atoms with van der Waals surface area (Å²) in [4.78, 5) is 34.6. The van der Waals surface area contributed by atoms with Crippen LogP contribution in [-0.2, 0) is 20.1 Å². The van der Waals surface area contributed by atoms with Crippen LogP contribution in [0.3, 0.4) is 0 Å². The summed E-state index contributed by atoms with van der Waals surface area (Å²) in [6, 6.07) is 3.26. The second-order valence-corrected chi connectivity index (χ2v) is 10.1. The summed E-state index contributed by atoms with van der Waals surface area (Å²) < 4.78 is 55.2. The Labute approximate surface area is 221 Å². The number of hydrogen-bond acceptors (Lipinski definition) is 12. The van der Waals surface area contributed by atoms with Crippen molar-refractivity contribution in [3.05, 3.63) is 29.3 Å². The summed E-state index contributed by atoms with van der Waals surface area (Å²) in [6.07, 6.45) is 0.978. The molecule has 0 fully saturated rings. The molecule has 0 saturated heterocycles. The first-order valence-corrected chi connectivity index (χ1v) is 14.7. The zero-order chi connectivity index (χ0) is 29.5. The van der Waals surface area contributed by atoms with Crippen molar-refractivity contribution in [2.24, 2.45) is 0 Å². The Hall–Kier alpha value is -3.61. The van der Waals surface area contributed by atoms with Crippen LogP contribution in [0.1, 0.15) is 48.4 Å². The number of carboxylic acids is 2. The predicted octanol–water partition coefficient (Wildman–Crippen LogP) is 1.32. The molecule has 0 aliphatic carbocycles. The Kier molecular flexibility index (Phi) is 14.7. The molecule has 2 aromatic rings. The van der Waals surface area contributed by atoms with E-state index in [1.807, 2.05) is 27.7 Å². The summed E-state index contributed by atoms with van der Waals surface area (Å²) in [5.41, 5.74) is -0.599. The minimum absolute atomic E-state index is 0.0125. The van der Waals surface area contributed by atoms with Crippen LogP contribution in [0, 0.1) is 0 Å². The van der Waals surface area contributed by atoms with Gasteiger partial charge in [-0.2, -0.15) is 23.4 Å². The Balaban J connectivity index is 0.00000326. The fraction of sp³-hybridized carbons (Fsp3) is 0.450. The highest BCUT2D eigenvalue weighted by atomic mass is 32.2. The zero-order valence-electron chi connectivity index (χ0n) is 21.5. The van der Waals surface area contributed by atoms with Gasteiger partial charge in [0.1, 0.15) is 0 Å². The number of rotatable bonds is 13. The van der Waals surface area contributed by atoms with Gasteiger partial charge in [-0.1, -0.05) is 27.7 Å². The molecule has 2 rings (SSSR count). The first-order valence-electron chi connectivity index (χ1n) is 11.2. The van der Waals surface area contributed by atoms with Crippen molar-refractivity contribution < 1.29 is 41.2 Å². The summed E-state index contributed by atoms with van der Waals surface area (Å²) in [5.74, 6) is -3.78. The van der Waals surface area contributed by atoms with E-state index < -0.39 is 37.8 Å². The third kappa shape index (κ3) is 14.2. The molecule has 0 saturated carbocycles. The van der Waals surface area contributed by atoms with E-state index >= 15 is 0 Å². The van der Waals surface area contributed by atoms with Crippen molar-refractivity contribution in [3.8, 4) is 0 Å². The van der Waals surface area contributed by atoms with Crippen LogP contribution in [0.25, 0.3) is 0 Å². The number of sulfonamides is 1. The monoisotopic (exact) mass is 579 g/mol. The van der Waals surface area contributed by atoms with E-state index in [-0.39, 0.29) is 54.3 Å². The number of nitrogens with zero attached hydrogens (tertiary/aromatic N) is 3. The van der Waals surface area contributed by atoms with Crippen LogP contribution in [0.2, 0.25) is 0 Å². The van der Waals surface area contributed by atoms with E-state index in [1.165, 1.54) is 0 Å². The second kappa shape index (κ2) is 16.3. The standard InChI is InChI=1S/C16H21N7O9S2.2C2H6/c1-33(28,29)19-3-2-17-14-21-15(18-4-5-34(30,31)32)23-16(22-14)20-11-7-9(12(24)25)6-10(8-11)13(26)27;2*1-2/h6-8,19H,2-5H2,1H3,(H,24,25)(H,26,27)(H,30,31,32)(H3,17,18,20,21,22,23);2*1-2H3. The van der Waals surface area contributed by atoms with E-state index in [4.69, 9.17) is 4.55 Å². The van der Waals surface area contributed by atoms with Gasteiger partial charge in [-0.3, -0.25) is 4.55 Å². The lowest BCUT2D eigenvalue weighted by Gasteiger charge is -2.12. The highest BCUT2D eigenvalue weighted by Gasteiger charge is 2.14. The van der Waals surface area contributed by atoms with Crippen LogP contribution in [-0.4, -0.2) is 90.1 Å². The number of aromatic carboxylic acids is 2. The number of nitrogens with one attached hydrogen (secondary N) is 4. The van der Waals surface area contributed by atoms with Crippen LogP contribution in [0.5, 0.6) is 0 Å². The van der Waals surface area contributed by atoms with Crippen molar-refractivity contribution >= 4 is 55.6 Å². The van der Waals surface area contributed by atoms with Crippen molar-refractivity contribution in [2.45, 2.75) is 27.7 Å². The Morgan fingerprint density at radius 3 is 1.63 bits per heavy atom. The van der Waals surface area contributed by atoms with Crippen molar-refractivity contribution in [3.63, 3.8) is 0 Å². The molecule has 18 heteroatoms. The topological polar surface area (TPSA) is 250 Å². The maximum Gasteiger partial charge on any atom is 0.335 e. The number of carboxylic acid groups (broad SMARTS) is 2. The van der Waals surface area contributed by atoms with Gasteiger partial charge in [-0.25, -0.2) is 22.7 Å². The van der Waals surface area contributed by atoms with Gasteiger partial charge >= 0.3 is 11.9 Å². The molecule has 214 valence electrons. The smallest absolute Gasteiger partial charge is 0.335 e. The van der Waals surface area contributed by atoms with Gasteiger partial charge in [-0.15, -0.1) is 0 Å². The fourth-order valence-electron chi connectivity index (χ4n) is 2.37. The third-order valence-corrected chi connectivity index (χ3v) is 5.18. The highest BCUT2D eigenvalue weighted by Crippen LogP contribution is 2.20.